The molecule has 1 aromatic rings. The molecular weight excluding hydrogens is 281 g/mol. The van der Waals surface area contributed by atoms with E-state index < -0.39 is 0 Å². The van der Waals surface area contributed by atoms with Gasteiger partial charge < -0.3 is 15.5 Å². The third-order valence-electron chi connectivity index (χ3n) is 4.39. The second-order valence-electron chi connectivity index (χ2n) is 5.37. The van der Waals surface area contributed by atoms with Gasteiger partial charge in [0.25, 0.3) is 0 Å². The molecule has 0 aromatic heterocycles. The van der Waals surface area contributed by atoms with Crippen molar-refractivity contribution in [2.24, 2.45) is 0 Å². The molecule has 0 saturated carbocycles. The molecule has 2 N–H and O–H groups in total. The van der Waals surface area contributed by atoms with Gasteiger partial charge in [0.15, 0.2) is 0 Å². The lowest BCUT2D eigenvalue weighted by atomic mass is 9.74. The van der Waals surface area contributed by atoms with E-state index in [1.54, 1.807) is 13.1 Å². The van der Waals surface area contributed by atoms with Crippen molar-refractivity contribution in [1.82, 2.24) is 10.2 Å². The zero-order valence-corrected chi connectivity index (χ0v) is 12.2. The fourth-order valence-corrected chi connectivity index (χ4v) is 3.21. The van der Waals surface area contributed by atoms with Crippen molar-refractivity contribution in [1.29, 1.82) is 0 Å². The summed E-state index contributed by atoms with van der Waals surface area (Å²) in [7, 11) is 1.65. The highest BCUT2D eigenvalue weighted by Crippen LogP contribution is 2.44. The monoisotopic (exact) mass is 299 g/mol. The number of benzene rings is 1. The van der Waals surface area contributed by atoms with Gasteiger partial charge in [-0.1, -0.05) is 0 Å². The van der Waals surface area contributed by atoms with Gasteiger partial charge in [0.2, 0.25) is 0 Å². The number of rotatable bonds is 0. The van der Waals surface area contributed by atoms with Crippen molar-refractivity contribution >= 4 is 24.1 Å². The largest absolute Gasteiger partial charge is 0.384 e. The first kappa shape index (κ1) is 14.9. The van der Waals surface area contributed by atoms with Gasteiger partial charge >= 0.3 is 6.03 Å². The van der Waals surface area contributed by atoms with Crippen LogP contribution in [0.15, 0.2) is 18.2 Å². The van der Waals surface area contributed by atoms with Gasteiger partial charge in [0.1, 0.15) is 5.82 Å². The molecule has 1 fully saturated rings. The number of nitrogens with one attached hydrogen (secondary N) is 2. The molecule has 20 heavy (non-hydrogen) atoms. The van der Waals surface area contributed by atoms with E-state index in [9.17, 15) is 9.18 Å². The first-order valence-electron chi connectivity index (χ1n) is 6.65. The van der Waals surface area contributed by atoms with Crippen LogP contribution < -0.4 is 10.6 Å². The number of anilines is 1. The number of amides is 2. The van der Waals surface area contributed by atoms with Crippen LogP contribution in [-0.2, 0) is 5.41 Å². The molecule has 6 heteroatoms. The summed E-state index contributed by atoms with van der Waals surface area (Å²) in [4.78, 5) is 13.4. The van der Waals surface area contributed by atoms with Crippen molar-refractivity contribution in [3.63, 3.8) is 0 Å². The molecule has 0 aliphatic carbocycles. The maximum Gasteiger partial charge on any atom is 0.317 e. The lowest BCUT2D eigenvalue weighted by Crippen LogP contribution is -2.48. The Morgan fingerprint density at radius 1 is 1.40 bits per heavy atom. The predicted molar refractivity (Wildman–Crippen MR) is 79.1 cm³/mol. The number of carbonyl (C=O) groups excluding carboxylic acids is 1. The van der Waals surface area contributed by atoms with Crippen molar-refractivity contribution in [3.05, 3.63) is 29.6 Å². The standard InChI is InChI=1S/C14H18FN3O.ClH/c1-16-13(19)18-6-4-14(5-7-18)9-17-12-3-2-10(15)8-11(12)14;/h2-3,8,17H,4-7,9H2,1H3,(H,16,19);1H. The molecule has 2 aliphatic heterocycles. The van der Waals surface area contributed by atoms with Gasteiger partial charge in [-0.05, 0) is 36.6 Å². The molecule has 0 atom stereocenters. The summed E-state index contributed by atoms with van der Waals surface area (Å²) in [5.41, 5.74) is 2.10. The smallest absolute Gasteiger partial charge is 0.317 e. The van der Waals surface area contributed by atoms with Crippen LogP contribution in [-0.4, -0.2) is 37.6 Å². The van der Waals surface area contributed by atoms with Crippen LogP contribution in [0, 0.1) is 5.82 Å². The molecule has 2 heterocycles. The molecule has 1 spiro atoms. The number of urea groups is 1. The Morgan fingerprint density at radius 3 is 2.75 bits per heavy atom. The van der Waals surface area contributed by atoms with Gasteiger partial charge in [0.05, 0.1) is 0 Å². The Labute approximate surface area is 124 Å². The van der Waals surface area contributed by atoms with Gasteiger partial charge in [-0.3, -0.25) is 0 Å². The number of fused-ring (bicyclic) bond motifs is 2. The number of carbonyl (C=O) groups is 1. The number of hydrogen-bond donors (Lipinski definition) is 2. The average Bonchev–Trinajstić information content (AvgIpc) is 2.77. The SMILES string of the molecule is CNC(=O)N1CCC2(CC1)CNc1ccc(F)cc12.Cl. The van der Waals surface area contributed by atoms with Gasteiger partial charge in [0, 0.05) is 37.8 Å². The van der Waals surface area contributed by atoms with Gasteiger partial charge in [-0.25, -0.2) is 9.18 Å². The minimum atomic E-state index is -0.185. The third kappa shape index (κ3) is 2.30. The van der Waals surface area contributed by atoms with E-state index in [2.05, 4.69) is 10.6 Å². The number of piperidine rings is 1. The zero-order valence-electron chi connectivity index (χ0n) is 11.4. The van der Waals surface area contributed by atoms with Crippen molar-refractivity contribution in [2.75, 3.05) is 32.0 Å². The molecule has 0 radical (unpaired) electrons. The van der Waals surface area contributed by atoms with E-state index in [1.807, 2.05) is 11.0 Å². The van der Waals surface area contributed by atoms with Gasteiger partial charge in [-0.2, -0.15) is 0 Å². The minimum Gasteiger partial charge on any atom is -0.384 e. The van der Waals surface area contributed by atoms with Crippen LogP contribution in [0.25, 0.3) is 0 Å². The van der Waals surface area contributed by atoms with Crippen LogP contribution in [0.5, 0.6) is 0 Å². The maximum atomic E-state index is 13.5. The van der Waals surface area contributed by atoms with Crippen LogP contribution in [0.3, 0.4) is 0 Å². The highest BCUT2D eigenvalue weighted by Gasteiger charge is 2.42. The summed E-state index contributed by atoms with van der Waals surface area (Å²) in [6, 6.07) is 4.92. The zero-order chi connectivity index (χ0) is 13.5. The second-order valence-corrected chi connectivity index (χ2v) is 5.37. The predicted octanol–water partition coefficient (Wildman–Crippen LogP) is 2.35. The Morgan fingerprint density at radius 2 is 2.10 bits per heavy atom. The van der Waals surface area contributed by atoms with Crippen molar-refractivity contribution in [3.8, 4) is 0 Å². The van der Waals surface area contributed by atoms with E-state index >= 15 is 0 Å². The summed E-state index contributed by atoms with van der Waals surface area (Å²) in [5, 5.41) is 6.01. The second kappa shape index (κ2) is 5.48. The van der Waals surface area contributed by atoms with E-state index in [0.717, 1.165) is 43.7 Å². The summed E-state index contributed by atoms with van der Waals surface area (Å²) < 4.78 is 13.5. The van der Waals surface area contributed by atoms with Crippen LogP contribution in [0.4, 0.5) is 14.9 Å². The third-order valence-corrected chi connectivity index (χ3v) is 4.39. The summed E-state index contributed by atoms with van der Waals surface area (Å²) in [6.45, 7) is 2.28. The van der Waals surface area contributed by atoms with Crippen molar-refractivity contribution in [2.45, 2.75) is 18.3 Å². The van der Waals surface area contributed by atoms with Crippen LogP contribution >= 0.6 is 12.4 Å². The summed E-state index contributed by atoms with van der Waals surface area (Å²) in [6.07, 6.45) is 1.76. The molecule has 1 saturated heterocycles. The topological polar surface area (TPSA) is 44.4 Å². The highest BCUT2D eigenvalue weighted by atomic mass is 35.5. The lowest BCUT2D eigenvalue weighted by Gasteiger charge is -2.39. The normalized spacial score (nSPS) is 19.0. The van der Waals surface area contributed by atoms with Crippen LogP contribution in [0.1, 0.15) is 18.4 Å². The highest BCUT2D eigenvalue weighted by molar-refractivity contribution is 5.85. The molecule has 0 bridgehead atoms. The molecular formula is C14H19ClFN3O. The molecule has 2 aliphatic rings. The molecule has 2 amide bonds. The van der Waals surface area contributed by atoms with E-state index in [-0.39, 0.29) is 29.7 Å². The molecule has 1 aromatic carbocycles. The molecule has 0 unspecified atom stereocenters. The number of halogens is 2. The molecule has 110 valence electrons. The first-order chi connectivity index (χ1) is 9.14. The average molecular weight is 300 g/mol. The Hall–Kier alpha value is -1.49. The maximum absolute atomic E-state index is 13.5. The van der Waals surface area contributed by atoms with E-state index in [4.69, 9.17) is 0 Å². The van der Waals surface area contributed by atoms with E-state index in [0.29, 0.717) is 0 Å². The Bertz CT molecular complexity index is 515. The fourth-order valence-electron chi connectivity index (χ4n) is 3.21. The first-order valence-corrected chi connectivity index (χ1v) is 6.65. The number of hydrogen-bond acceptors (Lipinski definition) is 2. The minimum absolute atomic E-state index is 0. The quantitative estimate of drug-likeness (QED) is 0.772. The Balaban J connectivity index is 0.00000147. The summed E-state index contributed by atoms with van der Waals surface area (Å²) >= 11 is 0. The Kier molecular flexibility index (Phi) is 4.09. The molecule has 3 rings (SSSR count). The fraction of sp³-hybridized carbons (Fsp3) is 0.500. The van der Waals surface area contributed by atoms with Crippen molar-refractivity contribution < 1.29 is 9.18 Å². The molecule has 4 nitrogen and oxygen atoms in total. The summed E-state index contributed by atoms with van der Waals surface area (Å²) in [5.74, 6) is -0.185. The van der Waals surface area contributed by atoms with E-state index in [1.165, 1.54) is 6.07 Å². The van der Waals surface area contributed by atoms with Gasteiger partial charge in [-0.15, -0.1) is 12.4 Å². The number of nitrogens with zero attached hydrogens (tertiary/aromatic N) is 1. The number of likely N-dealkylation sites (tertiary alicyclic amines) is 1. The lowest BCUT2D eigenvalue weighted by molar-refractivity contribution is 0.164. The van der Waals surface area contributed by atoms with Crippen LogP contribution in [0.2, 0.25) is 0 Å².